The zero-order chi connectivity index (χ0) is 17.2. The number of ether oxygens (including phenoxy) is 1. The van der Waals surface area contributed by atoms with Crippen molar-refractivity contribution in [1.82, 2.24) is 19.7 Å². The number of nitrogens with one attached hydrogen (secondary N) is 1. The van der Waals surface area contributed by atoms with Crippen molar-refractivity contribution in [2.24, 2.45) is 0 Å². The van der Waals surface area contributed by atoms with Gasteiger partial charge in [-0.25, -0.2) is 4.98 Å². The van der Waals surface area contributed by atoms with Gasteiger partial charge < -0.3 is 14.6 Å². The van der Waals surface area contributed by atoms with Gasteiger partial charge in [-0.15, -0.1) is 10.2 Å². The molecule has 0 amide bonds. The van der Waals surface area contributed by atoms with E-state index in [0.29, 0.717) is 11.6 Å². The molecule has 0 aliphatic rings. The highest BCUT2D eigenvalue weighted by molar-refractivity contribution is 5.68. The lowest BCUT2D eigenvalue weighted by atomic mass is 10.1. The molecule has 3 aromatic rings. The molecule has 0 aliphatic heterocycles. The molecule has 1 N–H and O–H groups in total. The highest BCUT2D eigenvalue weighted by Gasteiger charge is 2.31. The Morgan fingerprint density at radius 1 is 1.12 bits per heavy atom. The molecule has 0 fully saturated rings. The Hall–Kier alpha value is -3.10. The molecule has 24 heavy (non-hydrogen) atoms. The predicted octanol–water partition coefficient (Wildman–Crippen LogP) is 3.43. The molecule has 6 nitrogen and oxygen atoms in total. The van der Waals surface area contributed by atoms with Crippen LogP contribution >= 0.6 is 0 Å². The smallest absolute Gasteiger partial charge is 0.416 e. The van der Waals surface area contributed by atoms with Crippen LogP contribution < -0.4 is 10.1 Å². The summed E-state index contributed by atoms with van der Waals surface area (Å²) in [5.41, 5.74) is -0.0456. The molecular weight excluding hydrogens is 323 g/mol. The minimum atomic E-state index is -4.45. The van der Waals surface area contributed by atoms with Crippen LogP contribution in [-0.4, -0.2) is 26.9 Å². The van der Waals surface area contributed by atoms with Gasteiger partial charge in [-0.3, -0.25) is 0 Å². The lowest BCUT2D eigenvalue weighted by Gasteiger charge is -2.15. The minimum absolute atomic E-state index is 0.224. The number of hydrogen-bond acceptors (Lipinski definition) is 5. The topological polar surface area (TPSA) is 64.9 Å². The lowest BCUT2D eigenvalue weighted by Crippen LogP contribution is -2.08. The van der Waals surface area contributed by atoms with Gasteiger partial charge in [0.1, 0.15) is 0 Å². The molecule has 0 atom stereocenters. The van der Waals surface area contributed by atoms with Crippen LogP contribution in [0.1, 0.15) is 5.56 Å². The van der Waals surface area contributed by atoms with Crippen LogP contribution in [-0.2, 0) is 6.18 Å². The van der Waals surface area contributed by atoms with Crippen molar-refractivity contribution in [3.8, 4) is 11.6 Å². The molecule has 2 heterocycles. The van der Waals surface area contributed by atoms with E-state index in [1.165, 1.54) is 25.7 Å². The van der Waals surface area contributed by atoms with Crippen LogP contribution in [0, 0.1) is 0 Å². The highest BCUT2D eigenvalue weighted by Crippen LogP contribution is 2.34. The van der Waals surface area contributed by atoms with Crippen molar-refractivity contribution in [1.29, 1.82) is 0 Å². The summed E-state index contributed by atoms with van der Waals surface area (Å²) in [5, 5.41) is 10.5. The number of methoxy groups -OCH3 is 1. The van der Waals surface area contributed by atoms with Crippen LogP contribution in [0.15, 0.2) is 49.1 Å². The number of alkyl halides is 3. The van der Waals surface area contributed by atoms with E-state index >= 15 is 0 Å². The van der Waals surface area contributed by atoms with Gasteiger partial charge in [0.05, 0.1) is 30.4 Å². The fourth-order valence-electron chi connectivity index (χ4n) is 2.07. The van der Waals surface area contributed by atoms with E-state index in [2.05, 4.69) is 20.5 Å². The zero-order valence-corrected chi connectivity index (χ0v) is 12.4. The van der Waals surface area contributed by atoms with Crippen molar-refractivity contribution in [2.75, 3.05) is 12.4 Å². The van der Waals surface area contributed by atoms with Gasteiger partial charge in [0.2, 0.25) is 5.88 Å². The summed E-state index contributed by atoms with van der Waals surface area (Å²) >= 11 is 0. The third kappa shape index (κ3) is 3.29. The molecule has 1 aromatic carbocycles. The first-order valence-electron chi connectivity index (χ1n) is 6.81. The van der Waals surface area contributed by atoms with Gasteiger partial charge in [-0.1, -0.05) is 0 Å². The van der Waals surface area contributed by atoms with Crippen molar-refractivity contribution >= 4 is 11.5 Å². The van der Waals surface area contributed by atoms with Crippen molar-refractivity contribution in [3.63, 3.8) is 0 Å². The first kappa shape index (κ1) is 15.8. The predicted molar refractivity (Wildman–Crippen MR) is 80.4 cm³/mol. The molecule has 0 aliphatic carbocycles. The molecular formula is C15H12F3N5O. The zero-order valence-electron chi connectivity index (χ0n) is 12.4. The van der Waals surface area contributed by atoms with Crippen molar-refractivity contribution in [2.45, 2.75) is 6.18 Å². The Balaban J connectivity index is 2.01. The molecule has 124 valence electrons. The number of halogens is 3. The van der Waals surface area contributed by atoms with Crippen molar-refractivity contribution < 1.29 is 17.9 Å². The van der Waals surface area contributed by atoms with Crippen LogP contribution in [0.5, 0.6) is 5.88 Å². The first-order chi connectivity index (χ1) is 11.5. The fourth-order valence-corrected chi connectivity index (χ4v) is 2.07. The van der Waals surface area contributed by atoms with Gasteiger partial charge in [0.25, 0.3) is 0 Å². The lowest BCUT2D eigenvalue weighted by molar-refractivity contribution is -0.137. The van der Waals surface area contributed by atoms with Gasteiger partial charge >= 0.3 is 6.18 Å². The van der Waals surface area contributed by atoms with Crippen LogP contribution in [0.2, 0.25) is 0 Å². The number of benzene rings is 1. The maximum absolute atomic E-state index is 13.0. The van der Waals surface area contributed by atoms with E-state index in [1.807, 2.05) is 0 Å². The number of anilines is 2. The number of aromatic nitrogens is 4. The summed E-state index contributed by atoms with van der Waals surface area (Å²) in [4.78, 5) is 3.91. The molecule has 3 rings (SSSR count). The van der Waals surface area contributed by atoms with E-state index < -0.39 is 11.7 Å². The van der Waals surface area contributed by atoms with E-state index in [9.17, 15) is 13.2 Å². The highest BCUT2D eigenvalue weighted by atomic mass is 19.4. The Bertz CT molecular complexity index is 816. The maximum atomic E-state index is 13.0. The monoisotopic (exact) mass is 335 g/mol. The van der Waals surface area contributed by atoms with Crippen LogP contribution in [0.4, 0.5) is 24.7 Å². The second kappa shape index (κ2) is 6.19. The Labute approximate surface area is 134 Å². The number of nitrogens with zero attached hydrogens (tertiary/aromatic N) is 4. The molecule has 0 radical (unpaired) electrons. The third-order valence-electron chi connectivity index (χ3n) is 3.22. The van der Waals surface area contributed by atoms with E-state index in [4.69, 9.17) is 4.74 Å². The molecule has 2 aromatic heterocycles. The second-order valence-electron chi connectivity index (χ2n) is 4.79. The molecule has 0 bridgehead atoms. The molecule has 9 heteroatoms. The van der Waals surface area contributed by atoms with Crippen LogP contribution in [0.3, 0.4) is 0 Å². The first-order valence-corrected chi connectivity index (χ1v) is 6.81. The van der Waals surface area contributed by atoms with E-state index in [0.717, 1.165) is 12.1 Å². The van der Waals surface area contributed by atoms with E-state index in [-0.39, 0.29) is 11.5 Å². The second-order valence-corrected chi connectivity index (χ2v) is 4.79. The Kier molecular flexibility index (Phi) is 4.07. The summed E-state index contributed by atoms with van der Waals surface area (Å²) in [6, 6.07) is 6.51. The number of hydrogen-bond donors (Lipinski definition) is 1. The minimum Gasteiger partial charge on any atom is -0.480 e. The van der Waals surface area contributed by atoms with Crippen LogP contribution in [0.25, 0.3) is 5.69 Å². The van der Waals surface area contributed by atoms with E-state index in [1.54, 1.807) is 22.9 Å². The summed E-state index contributed by atoms with van der Waals surface area (Å²) in [6.07, 6.45) is 0.213. The summed E-state index contributed by atoms with van der Waals surface area (Å²) < 4.78 is 45.5. The quantitative estimate of drug-likeness (QED) is 0.791. The number of rotatable bonds is 4. The molecule has 0 unspecified atom stereocenters. The average molecular weight is 335 g/mol. The molecule has 0 saturated carbocycles. The fraction of sp³-hybridized carbons (Fsp3) is 0.133. The normalized spacial score (nSPS) is 11.3. The van der Waals surface area contributed by atoms with Gasteiger partial charge in [0.15, 0.2) is 5.82 Å². The SMILES string of the molecule is COc1ccc(Nc2cc(C(F)(F)F)ccc2-n2ccnc2)nn1. The maximum Gasteiger partial charge on any atom is 0.416 e. The van der Waals surface area contributed by atoms with Gasteiger partial charge in [-0.05, 0) is 24.3 Å². The number of imidazole rings is 1. The third-order valence-corrected chi connectivity index (χ3v) is 3.22. The van der Waals surface area contributed by atoms with Gasteiger partial charge in [0, 0.05) is 18.5 Å². The summed E-state index contributed by atoms with van der Waals surface area (Å²) in [7, 11) is 1.45. The molecule has 0 spiro atoms. The largest absolute Gasteiger partial charge is 0.480 e. The Morgan fingerprint density at radius 2 is 1.96 bits per heavy atom. The summed E-state index contributed by atoms with van der Waals surface area (Å²) in [5.74, 6) is 0.593. The standard InChI is InChI=1S/C15H12F3N5O/c1-24-14-5-4-13(21-22-14)20-11-8-10(15(16,17)18)2-3-12(11)23-7-6-19-9-23/h2-9H,1H3,(H,20,21). The molecule has 0 saturated heterocycles. The van der Waals surface area contributed by atoms with Gasteiger partial charge in [-0.2, -0.15) is 13.2 Å². The Morgan fingerprint density at radius 3 is 2.54 bits per heavy atom. The average Bonchev–Trinajstić information content (AvgIpc) is 3.09. The summed E-state index contributed by atoms with van der Waals surface area (Å²) in [6.45, 7) is 0. The van der Waals surface area contributed by atoms with Crippen molar-refractivity contribution in [3.05, 3.63) is 54.6 Å².